The van der Waals surface area contributed by atoms with Crippen LogP contribution in [-0.4, -0.2) is 34.0 Å². The van der Waals surface area contributed by atoms with Gasteiger partial charge in [0, 0.05) is 19.2 Å². The summed E-state index contributed by atoms with van der Waals surface area (Å²) in [7, 11) is 0. The number of nitro benzene ring substituents is 1. The number of hydrogen-bond donors (Lipinski definition) is 0. The van der Waals surface area contributed by atoms with Gasteiger partial charge in [0.2, 0.25) is 0 Å². The van der Waals surface area contributed by atoms with Crippen LogP contribution in [-0.2, 0) is 4.79 Å². The Bertz CT molecular complexity index is 688. The second-order valence-corrected chi connectivity index (χ2v) is 5.80. The summed E-state index contributed by atoms with van der Waals surface area (Å²) in [6.45, 7) is 4.89. The molecular weight excluding hydrogens is 326 g/mol. The molecule has 0 atom stereocenters. The van der Waals surface area contributed by atoms with Crippen LogP contribution in [0.15, 0.2) is 28.1 Å². The fourth-order valence-electron chi connectivity index (χ4n) is 1.95. The summed E-state index contributed by atoms with van der Waals surface area (Å²) in [4.78, 5) is 29.0. The van der Waals surface area contributed by atoms with Crippen molar-refractivity contribution in [2.24, 2.45) is 4.99 Å². The summed E-state index contributed by atoms with van der Waals surface area (Å²) < 4.78 is 0. The maximum atomic E-state index is 12.3. The van der Waals surface area contributed by atoms with Gasteiger partial charge < -0.3 is 0 Å². The van der Waals surface area contributed by atoms with Gasteiger partial charge in [0.25, 0.3) is 11.6 Å². The third kappa shape index (κ3) is 3.31. The van der Waals surface area contributed by atoms with Crippen molar-refractivity contribution in [3.8, 4) is 0 Å². The topological polar surface area (TPSA) is 75.8 Å². The Morgan fingerprint density at radius 1 is 1.45 bits per heavy atom. The highest BCUT2D eigenvalue weighted by atomic mass is 35.5. The van der Waals surface area contributed by atoms with E-state index >= 15 is 0 Å². The van der Waals surface area contributed by atoms with E-state index in [4.69, 9.17) is 11.6 Å². The Morgan fingerprint density at radius 2 is 2.18 bits per heavy atom. The molecule has 1 fully saturated rings. The lowest BCUT2D eigenvalue weighted by molar-refractivity contribution is -0.384. The molecule has 116 valence electrons. The van der Waals surface area contributed by atoms with Gasteiger partial charge in [0.1, 0.15) is 5.02 Å². The van der Waals surface area contributed by atoms with E-state index in [-0.39, 0.29) is 16.6 Å². The lowest BCUT2D eigenvalue weighted by atomic mass is 10.2. The molecular formula is C14H14ClN3O3S. The molecule has 6 nitrogen and oxygen atoms in total. The minimum atomic E-state index is -0.545. The summed E-state index contributed by atoms with van der Waals surface area (Å²) in [5.41, 5.74) is 0.377. The molecule has 1 aliphatic rings. The second-order valence-electron chi connectivity index (χ2n) is 4.38. The van der Waals surface area contributed by atoms with Gasteiger partial charge in [-0.25, -0.2) is 0 Å². The fourth-order valence-corrected chi connectivity index (χ4v) is 3.24. The Balaban J connectivity index is 2.38. The summed E-state index contributed by atoms with van der Waals surface area (Å²) >= 11 is 7.06. The maximum absolute atomic E-state index is 12.3. The first-order chi connectivity index (χ1) is 10.5. The molecule has 1 aromatic rings. The van der Waals surface area contributed by atoms with Crippen molar-refractivity contribution >= 4 is 46.2 Å². The SMILES string of the molecule is CCN=C1S/C(=C/c2ccc(Cl)c([N+](=O)[O-])c2)C(=O)N1CC. The van der Waals surface area contributed by atoms with Crippen LogP contribution in [0.25, 0.3) is 6.08 Å². The molecule has 2 rings (SSSR count). The zero-order valence-electron chi connectivity index (χ0n) is 12.1. The molecule has 0 radical (unpaired) electrons. The third-order valence-electron chi connectivity index (χ3n) is 2.96. The summed E-state index contributed by atoms with van der Waals surface area (Å²) in [5, 5.41) is 11.6. The van der Waals surface area contributed by atoms with Crippen molar-refractivity contribution in [2.45, 2.75) is 13.8 Å². The molecule has 1 saturated heterocycles. The van der Waals surface area contributed by atoms with Crippen LogP contribution in [0.1, 0.15) is 19.4 Å². The van der Waals surface area contributed by atoms with Gasteiger partial charge >= 0.3 is 0 Å². The lowest BCUT2D eigenvalue weighted by Gasteiger charge is -2.11. The predicted octanol–water partition coefficient (Wildman–Crippen LogP) is 3.56. The molecule has 8 heteroatoms. The molecule has 1 aliphatic heterocycles. The smallest absolute Gasteiger partial charge is 0.287 e. The maximum Gasteiger partial charge on any atom is 0.288 e. The van der Waals surface area contributed by atoms with Crippen LogP contribution in [0, 0.1) is 10.1 Å². The number of amides is 1. The van der Waals surface area contributed by atoms with Gasteiger partial charge in [-0.2, -0.15) is 0 Å². The van der Waals surface area contributed by atoms with E-state index in [2.05, 4.69) is 4.99 Å². The van der Waals surface area contributed by atoms with E-state index in [0.29, 0.717) is 28.7 Å². The zero-order chi connectivity index (χ0) is 16.3. The van der Waals surface area contributed by atoms with Crippen molar-refractivity contribution in [1.82, 2.24) is 4.90 Å². The van der Waals surface area contributed by atoms with Crippen LogP contribution in [0.5, 0.6) is 0 Å². The molecule has 0 unspecified atom stereocenters. The summed E-state index contributed by atoms with van der Waals surface area (Å²) in [6.07, 6.45) is 1.62. The number of rotatable bonds is 4. The average Bonchev–Trinajstić information content (AvgIpc) is 2.76. The Morgan fingerprint density at radius 3 is 2.77 bits per heavy atom. The summed E-state index contributed by atoms with van der Waals surface area (Å²) in [5.74, 6) is -0.141. The van der Waals surface area contributed by atoms with E-state index < -0.39 is 4.92 Å². The first kappa shape index (κ1) is 16.5. The standard InChI is InChI=1S/C14H14ClN3O3S/c1-3-16-14-17(4-2)13(19)12(22-14)8-9-5-6-10(15)11(7-9)18(20)21/h5-8H,3-4H2,1-2H3/b12-8+,16-14?. The predicted molar refractivity (Wildman–Crippen MR) is 89.0 cm³/mol. The monoisotopic (exact) mass is 339 g/mol. The zero-order valence-corrected chi connectivity index (χ0v) is 13.6. The van der Waals surface area contributed by atoms with Crippen molar-refractivity contribution < 1.29 is 9.72 Å². The first-order valence-electron chi connectivity index (χ1n) is 6.67. The number of carbonyl (C=O) groups is 1. The van der Waals surface area contributed by atoms with Gasteiger partial charge in [0.05, 0.1) is 9.83 Å². The minimum absolute atomic E-state index is 0.0703. The van der Waals surface area contributed by atoms with E-state index in [1.54, 1.807) is 17.0 Å². The number of amidine groups is 1. The highest BCUT2D eigenvalue weighted by Crippen LogP contribution is 2.33. The second kappa shape index (κ2) is 6.93. The number of carbonyl (C=O) groups excluding carboxylic acids is 1. The number of nitro groups is 1. The molecule has 0 aromatic heterocycles. The molecule has 22 heavy (non-hydrogen) atoms. The number of halogens is 1. The van der Waals surface area contributed by atoms with Crippen LogP contribution in [0.3, 0.4) is 0 Å². The molecule has 1 amide bonds. The number of thioether (sulfide) groups is 1. The fraction of sp³-hybridized carbons (Fsp3) is 0.286. The quantitative estimate of drug-likeness (QED) is 0.477. The summed E-state index contributed by atoms with van der Waals surface area (Å²) in [6, 6.07) is 4.45. The third-order valence-corrected chi connectivity index (χ3v) is 4.33. The van der Waals surface area contributed by atoms with Gasteiger partial charge in [-0.05, 0) is 43.3 Å². The van der Waals surface area contributed by atoms with E-state index in [1.807, 2.05) is 13.8 Å². The van der Waals surface area contributed by atoms with Gasteiger partial charge in [0.15, 0.2) is 5.17 Å². The number of aliphatic imine (C=N–C) groups is 1. The molecule has 1 heterocycles. The Kier molecular flexibility index (Phi) is 5.20. The van der Waals surface area contributed by atoms with E-state index in [0.717, 1.165) is 0 Å². The normalized spacial score (nSPS) is 18.5. The Labute approximate surface area is 137 Å². The van der Waals surface area contributed by atoms with Crippen LogP contribution in [0.4, 0.5) is 5.69 Å². The number of likely N-dealkylation sites (N-methyl/N-ethyl adjacent to an activating group) is 1. The minimum Gasteiger partial charge on any atom is -0.287 e. The number of hydrogen-bond acceptors (Lipinski definition) is 5. The molecule has 0 aliphatic carbocycles. The highest BCUT2D eigenvalue weighted by molar-refractivity contribution is 8.18. The van der Waals surface area contributed by atoms with Crippen molar-refractivity contribution in [3.63, 3.8) is 0 Å². The van der Waals surface area contributed by atoms with Crippen LogP contribution >= 0.6 is 23.4 Å². The molecule has 0 spiro atoms. The van der Waals surface area contributed by atoms with Gasteiger partial charge in [-0.15, -0.1) is 0 Å². The van der Waals surface area contributed by atoms with Gasteiger partial charge in [-0.1, -0.05) is 17.7 Å². The average molecular weight is 340 g/mol. The molecule has 0 saturated carbocycles. The largest absolute Gasteiger partial charge is 0.288 e. The van der Waals surface area contributed by atoms with Crippen molar-refractivity contribution in [3.05, 3.63) is 43.8 Å². The van der Waals surface area contributed by atoms with Gasteiger partial charge in [-0.3, -0.25) is 24.8 Å². The molecule has 0 N–H and O–H groups in total. The van der Waals surface area contributed by atoms with Crippen LogP contribution < -0.4 is 0 Å². The van der Waals surface area contributed by atoms with Crippen molar-refractivity contribution in [1.29, 1.82) is 0 Å². The van der Waals surface area contributed by atoms with Crippen molar-refractivity contribution in [2.75, 3.05) is 13.1 Å². The first-order valence-corrected chi connectivity index (χ1v) is 7.87. The number of nitrogens with zero attached hydrogens (tertiary/aromatic N) is 3. The Hall–Kier alpha value is -1.86. The number of benzene rings is 1. The van der Waals surface area contributed by atoms with Crippen LogP contribution in [0.2, 0.25) is 5.02 Å². The highest BCUT2D eigenvalue weighted by Gasteiger charge is 2.31. The molecule has 0 bridgehead atoms. The molecule has 1 aromatic carbocycles. The van der Waals surface area contributed by atoms with E-state index in [9.17, 15) is 14.9 Å². The lowest BCUT2D eigenvalue weighted by Crippen LogP contribution is -2.28. The van der Waals surface area contributed by atoms with E-state index in [1.165, 1.54) is 23.9 Å².